The zero-order chi connectivity index (χ0) is 20.6. The average Bonchev–Trinajstić information content (AvgIpc) is 2.70. The van der Waals surface area contributed by atoms with Gasteiger partial charge < -0.3 is 19.7 Å². The van der Waals surface area contributed by atoms with E-state index in [2.05, 4.69) is 5.32 Å². The van der Waals surface area contributed by atoms with E-state index in [0.29, 0.717) is 30.2 Å². The van der Waals surface area contributed by atoms with Crippen molar-refractivity contribution in [1.82, 2.24) is 10.2 Å². The Bertz CT molecular complexity index is 690. The van der Waals surface area contributed by atoms with Crippen LogP contribution in [0.3, 0.4) is 0 Å². The van der Waals surface area contributed by atoms with Gasteiger partial charge >= 0.3 is 0 Å². The molecule has 0 aromatic heterocycles. The highest BCUT2D eigenvalue weighted by molar-refractivity contribution is 5.95. The molecular weight excluding hydrogens is 368 g/mol. The van der Waals surface area contributed by atoms with Gasteiger partial charge in [0.25, 0.3) is 5.91 Å². The van der Waals surface area contributed by atoms with E-state index < -0.39 is 0 Å². The van der Waals surface area contributed by atoms with Gasteiger partial charge in [-0.15, -0.1) is 0 Å². The highest BCUT2D eigenvalue weighted by Gasteiger charge is 2.24. The van der Waals surface area contributed by atoms with Gasteiger partial charge in [-0.25, -0.2) is 0 Å². The van der Waals surface area contributed by atoms with Crippen LogP contribution in [0.1, 0.15) is 75.1 Å². The molecule has 1 saturated heterocycles. The maximum absolute atomic E-state index is 12.8. The van der Waals surface area contributed by atoms with Gasteiger partial charge in [-0.3, -0.25) is 9.59 Å². The first kappa shape index (κ1) is 21.5. The number of hydrogen-bond donors (Lipinski definition) is 1. The fourth-order valence-electron chi connectivity index (χ4n) is 4.25. The van der Waals surface area contributed by atoms with E-state index in [9.17, 15) is 9.59 Å². The van der Waals surface area contributed by atoms with Crippen LogP contribution in [0.5, 0.6) is 11.5 Å². The number of benzene rings is 1. The molecule has 0 bridgehead atoms. The smallest absolute Gasteiger partial charge is 0.251 e. The Labute approximate surface area is 173 Å². The first-order valence-corrected chi connectivity index (χ1v) is 11.0. The number of ether oxygens (including phenoxy) is 2. The van der Waals surface area contributed by atoms with Crippen molar-refractivity contribution < 1.29 is 19.1 Å². The Morgan fingerprint density at radius 2 is 1.62 bits per heavy atom. The van der Waals surface area contributed by atoms with Gasteiger partial charge in [-0.05, 0) is 31.0 Å². The second-order valence-corrected chi connectivity index (χ2v) is 8.20. The van der Waals surface area contributed by atoms with Crippen molar-refractivity contribution >= 4 is 11.8 Å². The number of carbonyl (C=O) groups excluding carboxylic acids is 2. The summed E-state index contributed by atoms with van der Waals surface area (Å²) in [7, 11) is 1.61. The van der Waals surface area contributed by atoms with Crippen molar-refractivity contribution in [2.75, 3.05) is 20.2 Å². The lowest BCUT2D eigenvalue weighted by Gasteiger charge is -2.31. The van der Waals surface area contributed by atoms with Crippen molar-refractivity contribution in [3.05, 3.63) is 23.8 Å². The zero-order valence-electron chi connectivity index (χ0n) is 17.7. The predicted molar refractivity (Wildman–Crippen MR) is 112 cm³/mol. The fourth-order valence-corrected chi connectivity index (χ4v) is 4.25. The molecule has 29 heavy (non-hydrogen) atoms. The van der Waals surface area contributed by atoms with Gasteiger partial charge in [0.05, 0.1) is 7.11 Å². The summed E-state index contributed by atoms with van der Waals surface area (Å²) in [5.74, 6) is 1.28. The predicted octanol–water partition coefficient (Wildman–Crippen LogP) is 3.93. The lowest BCUT2D eigenvalue weighted by molar-refractivity contribution is -0.130. The Kier molecular flexibility index (Phi) is 7.78. The van der Waals surface area contributed by atoms with Gasteiger partial charge in [0.1, 0.15) is 6.10 Å². The van der Waals surface area contributed by atoms with Crippen LogP contribution >= 0.6 is 0 Å². The van der Waals surface area contributed by atoms with Gasteiger partial charge in [-0.1, -0.05) is 32.1 Å². The summed E-state index contributed by atoms with van der Waals surface area (Å²) in [5.41, 5.74) is 0.601. The Morgan fingerprint density at radius 1 is 0.966 bits per heavy atom. The third-order valence-electron chi connectivity index (χ3n) is 6.05. The van der Waals surface area contributed by atoms with Crippen molar-refractivity contribution in [2.24, 2.45) is 0 Å². The van der Waals surface area contributed by atoms with Crippen molar-refractivity contribution in [2.45, 2.75) is 76.9 Å². The second kappa shape index (κ2) is 10.5. The van der Waals surface area contributed by atoms with E-state index in [1.807, 2.05) is 4.90 Å². The largest absolute Gasteiger partial charge is 0.493 e. The molecule has 2 aliphatic rings. The van der Waals surface area contributed by atoms with Crippen molar-refractivity contribution in [3.63, 3.8) is 0 Å². The number of carbonyl (C=O) groups is 2. The molecule has 1 N–H and O–H groups in total. The molecule has 1 saturated carbocycles. The first-order chi connectivity index (χ1) is 14.1. The number of hydrogen-bond acceptors (Lipinski definition) is 4. The third kappa shape index (κ3) is 6.12. The van der Waals surface area contributed by atoms with Gasteiger partial charge in [-0.2, -0.15) is 0 Å². The molecule has 0 spiro atoms. The minimum absolute atomic E-state index is 0.0171. The molecule has 1 aromatic rings. The summed E-state index contributed by atoms with van der Waals surface area (Å²) in [4.78, 5) is 26.2. The summed E-state index contributed by atoms with van der Waals surface area (Å²) in [6, 6.07) is 5.63. The molecule has 1 aromatic carbocycles. The Morgan fingerprint density at radius 3 is 2.24 bits per heavy atom. The number of likely N-dealkylation sites (tertiary alicyclic amines) is 1. The fraction of sp³-hybridized carbons (Fsp3) is 0.652. The number of nitrogens with zero attached hydrogens (tertiary/aromatic N) is 1. The third-order valence-corrected chi connectivity index (χ3v) is 6.05. The summed E-state index contributed by atoms with van der Waals surface area (Å²) in [6.07, 6.45) is 9.88. The average molecular weight is 403 g/mol. The topological polar surface area (TPSA) is 67.9 Å². The lowest BCUT2D eigenvalue weighted by Crippen LogP contribution is -2.40. The van der Waals surface area contributed by atoms with Crippen LogP contribution in [0.15, 0.2) is 18.2 Å². The molecule has 160 valence electrons. The molecule has 1 aliphatic heterocycles. The maximum Gasteiger partial charge on any atom is 0.251 e. The van der Waals surface area contributed by atoms with E-state index in [4.69, 9.17) is 9.47 Å². The van der Waals surface area contributed by atoms with E-state index in [-0.39, 0.29) is 24.0 Å². The molecular formula is C23H34N2O4. The van der Waals surface area contributed by atoms with Crippen LogP contribution in [-0.4, -0.2) is 49.1 Å². The highest BCUT2D eigenvalue weighted by Crippen LogP contribution is 2.31. The van der Waals surface area contributed by atoms with Crippen LogP contribution < -0.4 is 14.8 Å². The lowest BCUT2D eigenvalue weighted by atomic mass is 9.96. The maximum atomic E-state index is 12.8. The van der Waals surface area contributed by atoms with Crippen molar-refractivity contribution in [1.29, 1.82) is 0 Å². The summed E-state index contributed by atoms with van der Waals surface area (Å²) >= 11 is 0. The van der Waals surface area contributed by atoms with Crippen LogP contribution in [0, 0.1) is 0 Å². The molecule has 1 heterocycles. The standard InChI is InChI=1S/C23H34N2O4/c1-17(26)25-14-12-20(13-15-25)29-22-16-18(10-11-21(22)28-2)23(27)24-19-8-6-4-3-5-7-9-19/h10-11,16,19-20H,3-9,12-15H2,1-2H3,(H,24,27). The van der Waals surface area contributed by atoms with E-state index in [1.54, 1.807) is 32.2 Å². The van der Waals surface area contributed by atoms with E-state index >= 15 is 0 Å². The number of methoxy groups -OCH3 is 1. The second-order valence-electron chi connectivity index (χ2n) is 8.20. The molecule has 2 amide bonds. The molecule has 6 heteroatoms. The van der Waals surface area contributed by atoms with Crippen LogP contribution in [-0.2, 0) is 4.79 Å². The summed E-state index contributed by atoms with van der Waals surface area (Å²) in [5, 5.41) is 3.21. The number of nitrogens with one attached hydrogen (secondary N) is 1. The monoisotopic (exact) mass is 402 g/mol. The zero-order valence-corrected chi connectivity index (χ0v) is 17.7. The van der Waals surface area contributed by atoms with Crippen LogP contribution in [0.2, 0.25) is 0 Å². The van der Waals surface area contributed by atoms with E-state index in [0.717, 1.165) is 25.7 Å². The van der Waals surface area contributed by atoms with Gasteiger partial charge in [0.2, 0.25) is 5.91 Å². The Balaban J connectivity index is 1.63. The number of amides is 2. The number of rotatable bonds is 5. The SMILES string of the molecule is COc1ccc(C(=O)NC2CCCCCCC2)cc1OC1CCN(C(C)=O)CC1. The molecule has 0 radical (unpaired) electrons. The van der Waals surface area contributed by atoms with Crippen LogP contribution in [0.4, 0.5) is 0 Å². The molecule has 2 fully saturated rings. The molecule has 1 aliphatic carbocycles. The minimum Gasteiger partial charge on any atom is -0.493 e. The molecule has 0 atom stereocenters. The summed E-state index contributed by atoms with van der Waals surface area (Å²) in [6.45, 7) is 3.00. The molecule has 3 rings (SSSR count). The quantitative estimate of drug-likeness (QED) is 0.810. The van der Waals surface area contributed by atoms with Crippen LogP contribution in [0.25, 0.3) is 0 Å². The molecule has 6 nitrogen and oxygen atoms in total. The minimum atomic E-state index is -0.0468. The highest BCUT2D eigenvalue weighted by atomic mass is 16.5. The Hall–Kier alpha value is -2.24. The van der Waals surface area contributed by atoms with E-state index in [1.165, 1.54) is 32.1 Å². The number of piperidine rings is 1. The van der Waals surface area contributed by atoms with Crippen molar-refractivity contribution in [3.8, 4) is 11.5 Å². The van der Waals surface area contributed by atoms with Gasteiger partial charge in [0.15, 0.2) is 11.5 Å². The van der Waals surface area contributed by atoms with Gasteiger partial charge in [0, 0.05) is 44.5 Å². The molecule has 0 unspecified atom stereocenters. The summed E-state index contributed by atoms with van der Waals surface area (Å²) < 4.78 is 11.6. The normalized spacial score (nSPS) is 19.2. The first-order valence-electron chi connectivity index (χ1n) is 11.0.